The summed E-state index contributed by atoms with van der Waals surface area (Å²) in [5, 5.41) is 12.5. The molecule has 0 aromatic carbocycles. The number of methoxy groups -OCH3 is 1. The van der Waals surface area contributed by atoms with Crippen LogP contribution >= 0.6 is 11.3 Å². The van der Waals surface area contributed by atoms with Crippen molar-refractivity contribution < 1.29 is 14.6 Å². The van der Waals surface area contributed by atoms with E-state index in [1.54, 1.807) is 13.2 Å². The number of likely N-dealkylation sites (N-methyl/N-ethyl adjacent to an activating group) is 1. The molecule has 1 atom stereocenters. The summed E-state index contributed by atoms with van der Waals surface area (Å²) in [6.45, 7) is 4.29. The Hall–Kier alpha value is -1.70. The van der Waals surface area contributed by atoms with Gasteiger partial charge in [-0.05, 0) is 19.9 Å². The smallest absolute Gasteiger partial charge is 0.255 e. The monoisotopic (exact) mass is 323 g/mol. The number of rotatable bonds is 6. The van der Waals surface area contributed by atoms with Crippen molar-refractivity contribution in [1.82, 2.24) is 14.5 Å². The second-order valence-electron chi connectivity index (χ2n) is 5.23. The second kappa shape index (κ2) is 7.04. The Morgan fingerprint density at radius 1 is 1.55 bits per heavy atom. The maximum atomic E-state index is 12.6. The van der Waals surface area contributed by atoms with Gasteiger partial charge in [-0.3, -0.25) is 9.36 Å². The Kier molecular flexibility index (Phi) is 5.33. The van der Waals surface area contributed by atoms with Crippen molar-refractivity contribution in [2.45, 2.75) is 20.0 Å². The van der Waals surface area contributed by atoms with Gasteiger partial charge in [0, 0.05) is 43.7 Å². The van der Waals surface area contributed by atoms with Crippen LogP contribution in [-0.4, -0.2) is 58.9 Å². The number of aliphatic hydroxyl groups is 1. The van der Waals surface area contributed by atoms with Crippen LogP contribution in [0.5, 0.6) is 0 Å². The number of hydrogen-bond donors (Lipinski definition) is 1. The van der Waals surface area contributed by atoms with Crippen molar-refractivity contribution >= 4 is 17.2 Å². The summed E-state index contributed by atoms with van der Waals surface area (Å²) in [7, 11) is 3.20. The molecule has 120 valence electrons. The first-order chi connectivity index (χ1) is 10.5. The van der Waals surface area contributed by atoms with Gasteiger partial charge in [0.15, 0.2) is 5.13 Å². The molecule has 0 aliphatic heterocycles. The Labute approximate surface area is 134 Å². The lowest BCUT2D eigenvalue weighted by Gasteiger charge is -2.20. The first-order valence-corrected chi connectivity index (χ1v) is 7.85. The largest absolute Gasteiger partial charge is 0.389 e. The van der Waals surface area contributed by atoms with Crippen molar-refractivity contribution in [3.63, 3.8) is 0 Å². The molecule has 0 spiro atoms. The molecular weight excluding hydrogens is 302 g/mol. The molecule has 0 saturated heterocycles. The molecule has 0 fully saturated rings. The van der Waals surface area contributed by atoms with Gasteiger partial charge >= 0.3 is 0 Å². The molecule has 1 N–H and O–H groups in total. The van der Waals surface area contributed by atoms with Crippen LogP contribution in [0.2, 0.25) is 0 Å². The van der Waals surface area contributed by atoms with Gasteiger partial charge in [-0.25, -0.2) is 4.98 Å². The molecule has 0 aliphatic rings. The standard InChI is InChI=1S/C15H21N3O3S/c1-10-7-13(11(2)18(10)15-16-5-6-22-15)14(20)17(3)8-12(19)9-21-4/h5-7,12,19H,8-9H2,1-4H3. The van der Waals surface area contributed by atoms with Crippen LogP contribution < -0.4 is 0 Å². The number of carbonyl (C=O) groups excluding carboxylic acids is 1. The fourth-order valence-electron chi connectivity index (χ4n) is 2.45. The lowest BCUT2D eigenvalue weighted by atomic mass is 10.2. The zero-order chi connectivity index (χ0) is 16.3. The Morgan fingerprint density at radius 2 is 2.27 bits per heavy atom. The molecule has 1 unspecified atom stereocenters. The van der Waals surface area contributed by atoms with Crippen LogP contribution in [-0.2, 0) is 4.74 Å². The molecule has 2 aromatic heterocycles. The van der Waals surface area contributed by atoms with Crippen LogP contribution in [0.25, 0.3) is 5.13 Å². The summed E-state index contributed by atoms with van der Waals surface area (Å²) in [6, 6.07) is 1.86. The van der Waals surface area contributed by atoms with Crippen LogP contribution in [0.3, 0.4) is 0 Å². The molecule has 0 bridgehead atoms. The predicted octanol–water partition coefficient (Wildman–Crippen LogP) is 1.63. The maximum Gasteiger partial charge on any atom is 0.255 e. The molecule has 0 aliphatic carbocycles. The summed E-state index contributed by atoms with van der Waals surface area (Å²) in [6.07, 6.45) is 1.05. The highest BCUT2D eigenvalue weighted by atomic mass is 32.1. The summed E-state index contributed by atoms with van der Waals surface area (Å²) in [5.74, 6) is -0.119. The van der Waals surface area contributed by atoms with E-state index in [4.69, 9.17) is 4.74 Å². The van der Waals surface area contributed by atoms with Crippen molar-refractivity contribution in [3.05, 3.63) is 34.6 Å². The molecule has 2 aromatic rings. The molecule has 22 heavy (non-hydrogen) atoms. The van der Waals surface area contributed by atoms with Crippen molar-refractivity contribution in [2.75, 3.05) is 27.3 Å². The summed E-state index contributed by atoms with van der Waals surface area (Å²) in [4.78, 5) is 18.4. The molecular formula is C15H21N3O3S. The predicted molar refractivity (Wildman–Crippen MR) is 85.8 cm³/mol. The number of carbonyl (C=O) groups is 1. The van der Waals surface area contributed by atoms with E-state index < -0.39 is 6.10 Å². The fraction of sp³-hybridized carbons (Fsp3) is 0.467. The van der Waals surface area contributed by atoms with Gasteiger partial charge < -0.3 is 14.7 Å². The highest BCUT2D eigenvalue weighted by Crippen LogP contribution is 2.23. The number of ether oxygens (including phenoxy) is 1. The number of nitrogens with zero attached hydrogens (tertiary/aromatic N) is 3. The van der Waals surface area contributed by atoms with Crippen LogP contribution in [0.1, 0.15) is 21.7 Å². The maximum absolute atomic E-state index is 12.6. The molecule has 0 radical (unpaired) electrons. The number of aryl methyl sites for hydroxylation is 1. The molecule has 1 amide bonds. The quantitative estimate of drug-likeness (QED) is 0.877. The fourth-order valence-corrected chi connectivity index (χ4v) is 3.20. The van der Waals surface area contributed by atoms with Gasteiger partial charge in [-0.2, -0.15) is 0 Å². The highest BCUT2D eigenvalue weighted by Gasteiger charge is 2.21. The third-order valence-corrected chi connectivity index (χ3v) is 4.22. The third kappa shape index (κ3) is 3.37. The average molecular weight is 323 g/mol. The van der Waals surface area contributed by atoms with Gasteiger partial charge in [0.2, 0.25) is 0 Å². The van der Waals surface area contributed by atoms with Crippen LogP contribution in [0.4, 0.5) is 0 Å². The van der Waals surface area contributed by atoms with E-state index in [1.165, 1.54) is 23.3 Å². The topological polar surface area (TPSA) is 67.6 Å². The number of aliphatic hydroxyl groups excluding tert-OH is 1. The zero-order valence-corrected chi connectivity index (χ0v) is 14.1. The van der Waals surface area contributed by atoms with E-state index in [0.717, 1.165) is 16.5 Å². The lowest BCUT2D eigenvalue weighted by molar-refractivity contribution is 0.0380. The minimum Gasteiger partial charge on any atom is -0.389 e. The van der Waals surface area contributed by atoms with E-state index in [0.29, 0.717) is 5.56 Å². The van der Waals surface area contributed by atoms with Gasteiger partial charge in [0.1, 0.15) is 0 Å². The normalized spacial score (nSPS) is 12.4. The van der Waals surface area contributed by atoms with Gasteiger partial charge in [-0.15, -0.1) is 11.3 Å². The van der Waals surface area contributed by atoms with E-state index in [-0.39, 0.29) is 19.1 Å². The number of hydrogen-bond acceptors (Lipinski definition) is 5. The minimum absolute atomic E-state index is 0.119. The Bertz CT molecular complexity index is 637. The number of thiazole rings is 1. The van der Waals surface area contributed by atoms with Crippen molar-refractivity contribution in [1.29, 1.82) is 0 Å². The summed E-state index contributed by atoms with van der Waals surface area (Å²) < 4.78 is 6.86. The van der Waals surface area contributed by atoms with Crippen molar-refractivity contribution in [2.24, 2.45) is 0 Å². The third-order valence-electron chi connectivity index (χ3n) is 3.46. The lowest BCUT2D eigenvalue weighted by Crippen LogP contribution is -2.36. The van der Waals surface area contributed by atoms with E-state index >= 15 is 0 Å². The van der Waals surface area contributed by atoms with Crippen LogP contribution in [0, 0.1) is 13.8 Å². The van der Waals surface area contributed by atoms with Gasteiger partial charge in [-0.1, -0.05) is 0 Å². The first kappa shape index (κ1) is 16.7. The Morgan fingerprint density at radius 3 is 2.86 bits per heavy atom. The second-order valence-corrected chi connectivity index (χ2v) is 6.10. The molecule has 7 heteroatoms. The highest BCUT2D eigenvalue weighted by molar-refractivity contribution is 7.12. The number of amides is 1. The summed E-state index contributed by atoms with van der Waals surface area (Å²) >= 11 is 1.53. The van der Waals surface area contributed by atoms with E-state index in [1.807, 2.05) is 29.9 Å². The summed E-state index contributed by atoms with van der Waals surface area (Å²) in [5.41, 5.74) is 2.44. The Balaban J connectivity index is 2.22. The average Bonchev–Trinajstić information content (AvgIpc) is 3.06. The molecule has 2 rings (SSSR count). The molecule has 6 nitrogen and oxygen atoms in total. The minimum atomic E-state index is -0.693. The van der Waals surface area contributed by atoms with Crippen molar-refractivity contribution in [3.8, 4) is 5.13 Å². The first-order valence-electron chi connectivity index (χ1n) is 6.97. The van der Waals surface area contributed by atoms with Crippen LogP contribution in [0.15, 0.2) is 17.6 Å². The van der Waals surface area contributed by atoms with E-state index in [9.17, 15) is 9.90 Å². The molecule has 0 saturated carbocycles. The SMILES string of the molecule is COCC(O)CN(C)C(=O)c1cc(C)n(-c2nccs2)c1C. The zero-order valence-electron chi connectivity index (χ0n) is 13.2. The number of aromatic nitrogens is 2. The molecule has 2 heterocycles. The van der Waals surface area contributed by atoms with Gasteiger partial charge in [0.05, 0.1) is 18.3 Å². The van der Waals surface area contributed by atoms with Gasteiger partial charge in [0.25, 0.3) is 5.91 Å². The van der Waals surface area contributed by atoms with E-state index in [2.05, 4.69) is 4.98 Å².